The summed E-state index contributed by atoms with van der Waals surface area (Å²) in [4.78, 5) is 21.9. The standard InChI is InChI=1S/C14H18N6O3S/c15-12(16)19-13-18-10(8-24-13)11-2-1-9(23-11)7-17-14(21)20-3-5-22-6-4-20/h1-2,8H,3-7H2,(H,17,21)(H4,15,16,18,19). The Labute approximate surface area is 142 Å². The molecule has 0 spiro atoms. The lowest BCUT2D eigenvalue weighted by atomic mass is 10.3. The van der Waals surface area contributed by atoms with Crippen molar-refractivity contribution in [1.82, 2.24) is 15.2 Å². The second-order valence-corrected chi connectivity index (χ2v) is 5.91. The Morgan fingerprint density at radius 1 is 1.38 bits per heavy atom. The fraction of sp³-hybridized carbons (Fsp3) is 0.357. The smallest absolute Gasteiger partial charge is 0.317 e. The summed E-state index contributed by atoms with van der Waals surface area (Å²) in [7, 11) is 0. The Balaban J connectivity index is 1.58. The maximum absolute atomic E-state index is 12.0. The van der Waals surface area contributed by atoms with Gasteiger partial charge in [0.1, 0.15) is 11.5 Å². The predicted octanol–water partition coefficient (Wildman–Crippen LogP) is 0.850. The molecule has 2 amide bonds. The number of hydrogen-bond donors (Lipinski definition) is 3. The van der Waals surface area contributed by atoms with Gasteiger partial charge in [-0.2, -0.15) is 4.99 Å². The summed E-state index contributed by atoms with van der Waals surface area (Å²) >= 11 is 1.31. The predicted molar refractivity (Wildman–Crippen MR) is 89.9 cm³/mol. The number of nitrogens with two attached hydrogens (primary N) is 2. The van der Waals surface area contributed by atoms with Gasteiger partial charge in [0, 0.05) is 18.5 Å². The van der Waals surface area contributed by atoms with Crippen molar-refractivity contribution >= 4 is 28.5 Å². The number of thiazole rings is 1. The maximum Gasteiger partial charge on any atom is 0.317 e. The van der Waals surface area contributed by atoms with Gasteiger partial charge in [-0.1, -0.05) is 0 Å². The minimum atomic E-state index is -0.125. The van der Waals surface area contributed by atoms with E-state index in [1.54, 1.807) is 22.4 Å². The molecule has 3 heterocycles. The van der Waals surface area contributed by atoms with Gasteiger partial charge < -0.3 is 30.8 Å². The first kappa shape index (κ1) is 16.3. The molecule has 10 heteroatoms. The molecule has 9 nitrogen and oxygen atoms in total. The molecule has 2 aromatic rings. The normalized spacial score (nSPS) is 14.4. The topological polar surface area (TPSA) is 132 Å². The van der Waals surface area contributed by atoms with Crippen LogP contribution < -0.4 is 16.8 Å². The van der Waals surface area contributed by atoms with Crippen LogP contribution >= 0.6 is 11.3 Å². The fourth-order valence-corrected chi connectivity index (χ4v) is 2.89. The highest BCUT2D eigenvalue weighted by Crippen LogP contribution is 2.27. The Kier molecular flexibility index (Phi) is 4.96. The van der Waals surface area contributed by atoms with E-state index in [-0.39, 0.29) is 12.0 Å². The highest BCUT2D eigenvalue weighted by Gasteiger charge is 2.17. The van der Waals surface area contributed by atoms with Crippen LogP contribution in [-0.4, -0.2) is 48.2 Å². The van der Waals surface area contributed by atoms with Crippen LogP contribution in [0.3, 0.4) is 0 Å². The number of nitrogens with zero attached hydrogens (tertiary/aromatic N) is 3. The van der Waals surface area contributed by atoms with E-state index in [0.717, 1.165) is 0 Å². The number of morpholine rings is 1. The minimum Gasteiger partial charge on any atom is -0.458 e. The molecule has 3 rings (SSSR count). The summed E-state index contributed by atoms with van der Waals surface area (Å²) in [6, 6.07) is 3.47. The zero-order chi connectivity index (χ0) is 16.9. The molecule has 1 aliphatic heterocycles. The molecule has 1 saturated heterocycles. The average molecular weight is 350 g/mol. The second-order valence-electron chi connectivity index (χ2n) is 5.08. The van der Waals surface area contributed by atoms with E-state index in [4.69, 9.17) is 20.6 Å². The van der Waals surface area contributed by atoms with Crippen LogP contribution in [0.25, 0.3) is 11.5 Å². The van der Waals surface area contributed by atoms with Crippen LogP contribution in [0, 0.1) is 0 Å². The number of carbonyl (C=O) groups is 1. The first-order chi connectivity index (χ1) is 11.6. The summed E-state index contributed by atoms with van der Waals surface area (Å²) in [5.74, 6) is 1.20. The van der Waals surface area contributed by atoms with Gasteiger partial charge in [0.05, 0.1) is 19.8 Å². The van der Waals surface area contributed by atoms with Gasteiger partial charge in [0.2, 0.25) is 5.13 Å². The Morgan fingerprint density at radius 2 is 2.17 bits per heavy atom. The van der Waals surface area contributed by atoms with Gasteiger partial charge >= 0.3 is 6.03 Å². The molecule has 0 atom stereocenters. The molecule has 0 saturated carbocycles. The van der Waals surface area contributed by atoms with E-state index in [0.29, 0.717) is 55.2 Å². The summed E-state index contributed by atoms with van der Waals surface area (Å²) < 4.78 is 10.9. The lowest BCUT2D eigenvalue weighted by Crippen LogP contribution is -2.45. The number of guanidine groups is 1. The third-order valence-corrected chi connectivity index (χ3v) is 4.08. The number of nitrogens with one attached hydrogen (secondary N) is 1. The van der Waals surface area contributed by atoms with Crippen LogP contribution in [0.15, 0.2) is 26.9 Å². The molecule has 5 N–H and O–H groups in total. The number of ether oxygens (including phenoxy) is 1. The van der Waals surface area contributed by atoms with Gasteiger partial charge in [-0.05, 0) is 12.1 Å². The quantitative estimate of drug-likeness (QED) is 0.553. The molecule has 1 aliphatic rings. The van der Waals surface area contributed by atoms with E-state index in [1.807, 2.05) is 0 Å². The molecule has 0 unspecified atom stereocenters. The summed E-state index contributed by atoms with van der Waals surface area (Å²) in [6.45, 7) is 2.64. The van der Waals surface area contributed by atoms with Gasteiger partial charge in [-0.25, -0.2) is 9.78 Å². The van der Waals surface area contributed by atoms with Crippen molar-refractivity contribution in [1.29, 1.82) is 0 Å². The first-order valence-corrected chi connectivity index (χ1v) is 8.24. The van der Waals surface area contributed by atoms with E-state index in [9.17, 15) is 4.79 Å². The van der Waals surface area contributed by atoms with Gasteiger partial charge in [0.25, 0.3) is 0 Å². The van der Waals surface area contributed by atoms with Crippen molar-refractivity contribution in [2.75, 3.05) is 26.3 Å². The highest BCUT2D eigenvalue weighted by atomic mass is 32.1. The first-order valence-electron chi connectivity index (χ1n) is 7.36. The number of aromatic nitrogens is 1. The van der Waals surface area contributed by atoms with Crippen molar-refractivity contribution in [3.63, 3.8) is 0 Å². The number of aliphatic imine (C=N–C) groups is 1. The Hall–Kier alpha value is -2.59. The summed E-state index contributed by atoms with van der Waals surface area (Å²) in [6.07, 6.45) is 0. The largest absolute Gasteiger partial charge is 0.458 e. The molecule has 128 valence electrons. The number of urea groups is 1. The molecule has 0 aromatic carbocycles. The van der Waals surface area contributed by atoms with Crippen LogP contribution in [0.2, 0.25) is 0 Å². The Morgan fingerprint density at radius 3 is 2.92 bits per heavy atom. The SMILES string of the molecule is NC(N)=Nc1nc(-c2ccc(CNC(=O)N3CCOCC3)o2)cs1. The Bertz CT molecular complexity index is 730. The van der Waals surface area contributed by atoms with Crippen molar-refractivity contribution in [2.45, 2.75) is 6.54 Å². The van der Waals surface area contributed by atoms with Crippen molar-refractivity contribution in [3.8, 4) is 11.5 Å². The second kappa shape index (κ2) is 7.32. The molecular formula is C14H18N6O3S. The van der Waals surface area contributed by atoms with E-state index < -0.39 is 0 Å². The van der Waals surface area contributed by atoms with E-state index in [2.05, 4.69) is 15.3 Å². The number of rotatable bonds is 4. The fourth-order valence-electron chi connectivity index (χ4n) is 2.19. The van der Waals surface area contributed by atoms with Crippen LogP contribution in [0.5, 0.6) is 0 Å². The van der Waals surface area contributed by atoms with E-state index >= 15 is 0 Å². The molecule has 24 heavy (non-hydrogen) atoms. The van der Waals surface area contributed by atoms with E-state index in [1.165, 1.54) is 11.3 Å². The van der Waals surface area contributed by atoms with Crippen molar-refractivity contribution in [3.05, 3.63) is 23.3 Å². The lowest BCUT2D eigenvalue weighted by Gasteiger charge is -2.26. The van der Waals surface area contributed by atoms with Crippen molar-refractivity contribution in [2.24, 2.45) is 16.5 Å². The molecule has 0 bridgehead atoms. The number of carbonyl (C=O) groups excluding carboxylic acids is 1. The molecule has 1 fully saturated rings. The molecule has 2 aromatic heterocycles. The minimum absolute atomic E-state index is 0.0399. The van der Waals surface area contributed by atoms with Gasteiger partial charge in [-0.3, -0.25) is 0 Å². The monoisotopic (exact) mass is 350 g/mol. The number of hydrogen-bond acceptors (Lipinski definition) is 6. The lowest BCUT2D eigenvalue weighted by molar-refractivity contribution is 0.0530. The maximum atomic E-state index is 12.0. The third-order valence-electron chi connectivity index (χ3n) is 3.34. The zero-order valence-corrected chi connectivity index (χ0v) is 13.7. The zero-order valence-electron chi connectivity index (χ0n) is 12.9. The average Bonchev–Trinajstić information content (AvgIpc) is 3.22. The summed E-state index contributed by atoms with van der Waals surface area (Å²) in [5, 5.41) is 5.09. The number of amides is 2. The van der Waals surface area contributed by atoms with Crippen LogP contribution in [0.4, 0.5) is 9.93 Å². The third kappa shape index (κ3) is 4.03. The van der Waals surface area contributed by atoms with Gasteiger partial charge in [-0.15, -0.1) is 11.3 Å². The molecule has 0 radical (unpaired) electrons. The number of furan rings is 1. The highest BCUT2D eigenvalue weighted by molar-refractivity contribution is 7.13. The van der Waals surface area contributed by atoms with Crippen LogP contribution in [-0.2, 0) is 11.3 Å². The molecule has 0 aliphatic carbocycles. The van der Waals surface area contributed by atoms with Crippen LogP contribution in [0.1, 0.15) is 5.76 Å². The van der Waals surface area contributed by atoms with Crippen molar-refractivity contribution < 1.29 is 13.9 Å². The molecular weight excluding hydrogens is 332 g/mol. The van der Waals surface area contributed by atoms with Gasteiger partial charge in [0.15, 0.2) is 11.7 Å². The summed E-state index contributed by atoms with van der Waals surface area (Å²) in [5.41, 5.74) is 11.3.